The van der Waals surface area contributed by atoms with Gasteiger partial charge in [-0.2, -0.15) is 16.4 Å². The smallest absolute Gasteiger partial charge is 0.233 e. The first kappa shape index (κ1) is 17.1. The second-order valence-corrected chi connectivity index (χ2v) is 7.35. The minimum Gasteiger partial charge on any atom is -0.355 e. The number of thiophene rings is 1. The highest BCUT2D eigenvalue weighted by atomic mass is 32.1. The van der Waals surface area contributed by atoms with Gasteiger partial charge in [0.15, 0.2) is 5.82 Å². The van der Waals surface area contributed by atoms with Crippen molar-refractivity contribution < 1.29 is 4.79 Å². The van der Waals surface area contributed by atoms with E-state index in [1.807, 2.05) is 4.68 Å². The summed E-state index contributed by atoms with van der Waals surface area (Å²) < 4.78 is 1.99. The Hall–Kier alpha value is -1.73. The van der Waals surface area contributed by atoms with E-state index in [1.54, 1.807) is 11.3 Å². The lowest BCUT2D eigenvalue weighted by atomic mass is 10.1. The summed E-state index contributed by atoms with van der Waals surface area (Å²) in [5.74, 6) is 2.38. The van der Waals surface area contributed by atoms with Crippen LogP contribution >= 0.6 is 11.3 Å². The Morgan fingerprint density at radius 2 is 2.38 bits per heavy atom. The molecule has 0 spiro atoms. The summed E-state index contributed by atoms with van der Waals surface area (Å²) in [7, 11) is 0. The van der Waals surface area contributed by atoms with Crippen molar-refractivity contribution >= 4 is 17.2 Å². The van der Waals surface area contributed by atoms with Gasteiger partial charge in [-0.3, -0.25) is 4.79 Å². The van der Waals surface area contributed by atoms with E-state index >= 15 is 0 Å². The summed E-state index contributed by atoms with van der Waals surface area (Å²) in [6, 6.07) is 2.37. The average Bonchev–Trinajstić information content (AvgIpc) is 3.21. The number of nitrogens with zero attached hydrogens (tertiary/aromatic N) is 3. The second kappa shape index (κ2) is 7.90. The molecule has 0 saturated carbocycles. The van der Waals surface area contributed by atoms with Gasteiger partial charge in [0, 0.05) is 24.9 Å². The van der Waals surface area contributed by atoms with Gasteiger partial charge in [0.1, 0.15) is 5.82 Å². The van der Waals surface area contributed by atoms with Crippen molar-refractivity contribution in [2.45, 2.75) is 51.6 Å². The van der Waals surface area contributed by atoms with Crippen LogP contribution in [0.4, 0.5) is 0 Å². The van der Waals surface area contributed by atoms with Crippen LogP contribution in [-0.2, 0) is 24.2 Å². The van der Waals surface area contributed by atoms with E-state index < -0.39 is 0 Å². The van der Waals surface area contributed by atoms with Crippen LogP contribution in [0.15, 0.2) is 16.8 Å². The fourth-order valence-corrected chi connectivity index (χ4v) is 3.52. The maximum absolute atomic E-state index is 11.9. The Morgan fingerprint density at radius 1 is 1.50 bits per heavy atom. The van der Waals surface area contributed by atoms with Crippen LogP contribution in [0.25, 0.3) is 0 Å². The van der Waals surface area contributed by atoms with Crippen LogP contribution in [0.3, 0.4) is 0 Å². The van der Waals surface area contributed by atoms with Crippen molar-refractivity contribution in [3.8, 4) is 0 Å². The van der Waals surface area contributed by atoms with Crippen molar-refractivity contribution in [3.05, 3.63) is 34.0 Å². The first-order chi connectivity index (χ1) is 11.6. The summed E-state index contributed by atoms with van der Waals surface area (Å²) >= 11 is 1.69. The molecule has 0 aromatic carbocycles. The third kappa shape index (κ3) is 4.42. The lowest BCUT2D eigenvalue weighted by Gasteiger charge is -2.23. The van der Waals surface area contributed by atoms with Gasteiger partial charge in [0.25, 0.3) is 0 Å². The SMILES string of the molecule is CC(C)c1nc2n(n1)CC(NCC(=O)NCCc1ccsc1)CC2. The number of aromatic nitrogens is 3. The third-order valence-corrected chi connectivity index (χ3v) is 4.99. The van der Waals surface area contributed by atoms with Crippen LogP contribution in [-0.4, -0.2) is 39.8 Å². The van der Waals surface area contributed by atoms with Crippen LogP contribution < -0.4 is 10.6 Å². The lowest BCUT2D eigenvalue weighted by molar-refractivity contribution is -0.120. The summed E-state index contributed by atoms with van der Waals surface area (Å²) in [4.78, 5) is 16.5. The van der Waals surface area contributed by atoms with E-state index in [2.05, 4.69) is 51.4 Å². The standard InChI is InChI=1S/C17H25N5OS/c1-12(2)17-20-15-4-3-14(10-22(15)21-17)19-9-16(23)18-7-5-13-6-8-24-11-13/h6,8,11-12,14,19H,3-5,7,9-10H2,1-2H3,(H,18,23). The Balaban J connectivity index is 1.39. The van der Waals surface area contributed by atoms with Gasteiger partial charge in [0.05, 0.1) is 13.1 Å². The number of carbonyl (C=O) groups excluding carboxylic acids is 1. The second-order valence-electron chi connectivity index (χ2n) is 6.57. The molecule has 1 unspecified atom stereocenters. The van der Waals surface area contributed by atoms with E-state index in [0.717, 1.165) is 37.5 Å². The van der Waals surface area contributed by atoms with Crippen LogP contribution in [0.5, 0.6) is 0 Å². The molecule has 24 heavy (non-hydrogen) atoms. The monoisotopic (exact) mass is 347 g/mol. The largest absolute Gasteiger partial charge is 0.355 e. The van der Waals surface area contributed by atoms with Gasteiger partial charge in [0.2, 0.25) is 5.91 Å². The molecule has 2 aromatic heterocycles. The minimum atomic E-state index is 0.0532. The number of aryl methyl sites for hydroxylation is 1. The number of rotatable bonds is 7. The molecule has 2 aromatic rings. The Bertz CT molecular complexity index is 665. The van der Waals surface area contributed by atoms with Crippen molar-refractivity contribution in [2.24, 2.45) is 0 Å². The Kier molecular flexibility index (Phi) is 5.63. The van der Waals surface area contributed by atoms with Gasteiger partial charge < -0.3 is 10.6 Å². The third-order valence-electron chi connectivity index (χ3n) is 4.26. The van der Waals surface area contributed by atoms with Crippen molar-refractivity contribution in [1.29, 1.82) is 0 Å². The Labute approximate surface area is 146 Å². The van der Waals surface area contributed by atoms with Gasteiger partial charge in [-0.25, -0.2) is 9.67 Å². The van der Waals surface area contributed by atoms with Crippen molar-refractivity contribution in [2.75, 3.05) is 13.1 Å². The predicted octanol–water partition coefficient (Wildman–Crippen LogP) is 1.73. The van der Waals surface area contributed by atoms with E-state index in [1.165, 1.54) is 5.56 Å². The van der Waals surface area contributed by atoms with E-state index in [-0.39, 0.29) is 11.9 Å². The molecule has 3 rings (SSSR count). The molecule has 0 aliphatic carbocycles. The summed E-state index contributed by atoms with van der Waals surface area (Å²) in [5.41, 5.74) is 1.28. The minimum absolute atomic E-state index is 0.0532. The number of hydrogen-bond donors (Lipinski definition) is 2. The lowest BCUT2D eigenvalue weighted by Crippen LogP contribution is -2.43. The number of amides is 1. The molecule has 3 heterocycles. The molecule has 0 radical (unpaired) electrons. The molecule has 130 valence electrons. The van der Waals surface area contributed by atoms with E-state index in [4.69, 9.17) is 0 Å². The molecule has 1 aliphatic rings. The van der Waals surface area contributed by atoms with Crippen LogP contribution in [0.1, 0.15) is 43.4 Å². The highest BCUT2D eigenvalue weighted by Gasteiger charge is 2.22. The number of fused-ring (bicyclic) bond motifs is 1. The quantitative estimate of drug-likeness (QED) is 0.800. The summed E-state index contributed by atoms with van der Waals surface area (Å²) in [6.07, 6.45) is 2.80. The zero-order valence-electron chi connectivity index (χ0n) is 14.3. The van der Waals surface area contributed by atoms with Crippen LogP contribution in [0, 0.1) is 0 Å². The maximum Gasteiger partial charge on any atom is 0.233 e. The van der Waals surface area contributed by atoms with Crippen molar-refractivity contribution in [1.82, 2.24) is 25.4 Å². The summed E-state index contributed by atoms with van der Waals surface area (Å²) in [5, 5.41) is 15.1. The fraction of sp³-hybridized carbons (Fsp3) is 0.588. The molecule has 0 fully saturated rings. The number of hydrogen-bond acceptors (Lipinski definition) is 5. The highest BCUT2D eigenvalue weighted by molar-refractivity contribution is 7.07. The number of carbonyl (C=O) groups is 1. The molecule has 0 saturated heterocycles. The van der Waals surface area contributed by atoms with Crippen LogP contribution in [0.2, 0.25) is 0 Å². The molecular formula is C17H25N5OS. The van der Waals surface area contributed by atoms with Gasteiger partial charge in [-0.15, -0.1) is 0 Å². The molecule has 2 N–H and O–H groups in total. The van der Waals surface area contributed by atoms with Gasteiger partial charge in [-0.05, 0) is 35.2 Å². The molecule has 0 bridgehead atoms. The van der Waals surface area contributed by atoms with Crippen molar-refractivity contribution in [3.63, 3.8) is 0 Å². The summed E-state index contributed by atoms with van der Waals surface area (Å²) in [6.45, 7) is 6.05. The maximum atomic E-state index is 11.9. The van der Waals surface area contributed by atoms with Gasteiger partial charge >= 0.3 is 0 Å². The first-order valence-corrected chi connectivity index (χ1v) is 9.51. The zero-order chi connectivity index (χ0) is 16.9. The average molecular weight is 347 g/mol. The first-order valence-electron chi connectivity index (χ1n) is 8.56. The molecule has 6 nitrogen and oxygen atoms in total. The van der Waals surface area contributed by atoms with E-state index in [0.29, 0.717) is 19.0 Å². The predicted molar refractivity (Wildman–Crippen MR) is 95.3 cm³/mol. The molecule has 1 amide bonds. The highest BCUT2D eigenvalue weighted by Crippen LogP contribution is 2.16. The fourth-order valence-electron chi connectivity index (χ4n) is 2.82. The van der Waals surface area contributed by atoms with Gasteiger partial charge in [-0.1, -0.05) is 13.8 Å². The normalized spacial score (nSPS) is 17.0. The van der Waals surface area contributed by atoms with E-state index in [9.17, 15) is 4.79 Å². The number of nitrogens with one attached hydrogen (secondary N) is 2. The molecule has 1 aliphatic heterocycles. The topological polar surface area (TPSA) is 71.8 Å². The molecule has 7 heteroatoms. The molecule has 1 atom stereocenters. The zero-order valence-corrected chi connectivity index (χ0v) is 15.1. The Morgan fingerprint density at radius 3 is 3.12 bits per heavy atom. The molecular weight excluding hydrogens is 322 g/mol.